The monoisotopic (exact) mass is 177 g/mol. The van der Waals surface area contributed by atoms with E-state index in [1.807, 2.05) is 0 Å². The van der Waals surface area contributed by atoms with Gasteiger partial charge in [-0.3, -0.25) is 0 Å². The van der Waals surface area contributed by atoms with Gasteiger partial charge >= 0.3 is 21.7 Å². The second kappa shape index (κ2) is 15.7. The van der Waals surface area contributed by atoms with E-state index in [1.54, 1.807) is 13.8 Å². The van der Waals surface area contributed by atoms with Crippen LogP contribution >= 0.6 is 0 Å². The van der Waals surface area contributed by atoms with Crippen molar-refractivity contribution in [3.63, 3.8) is 0 Å². The minimum atomic E-state index is -0.417. The van der Waals surface area contributed by atoms with Gasteiger partial charge < -0.3 is 29.9 Å². The molecule has 0 spiro atoms. The Morgan fingerprint density at radius 1 is 1.14 bits per heavy atom. The Bertz CT molecular complexity index is 17.7. The molecule has 0 saturated heterocycles. The van der Waals surface area contributed by atoms with Crippen molar-refractivity contribution in [2.24, 2.45) is 0 Å². The van der Waals surface area contributed by atoms with Crippen molar-refractivity contribution in [3.8, 4) is 0 Å². The second-order valence-corrected chi connectivity index (χ2v) is 1.05. The molecule has 0 fully saturated rings. The molecule has 1 nitrogen and oxygen atoms in total. The molecule has 0 aromatic carbocycles. The van der Waals surface area contributed by atoms with Crippen LogP contribution in [0.1, 0.15) is 13.8 Å². The standard InChI is InChI=1S/C3H7O.2ClH.Ti/c1-3(2)4;;;/h3H,1-2H3;2*1H;/q-1;;;+3/p-2. The van der Waals surface area contributed by atoms with Crippen molar-refractivity contribution >= 4 is 0 Å². The van der Waals surface area contributed by atoms with Gasteiger partial charge in [0.1, 0.15) is 0 Å². The van der Waals surface area contributed by atoms with E-state index in [-0.39, 0.29) is 46.5 Å². The first-order valence-electron chi connectivity index (χ1n) is 1.39. The summed E-state index contributed by atoms with van der Waals surface area (Å²) in [6.07, 6.45) is -0.417. The molecule has 0 unspecified atom stereocenters. The summed E-state index contributed by atoms with van der Waals surface area (Å²) in [6.45, 7) is 3.22. The third-order valence-corrected chi connectivity index (χ3v) is 0. The quantitative estimate of drug-likeness (QED) is 0.338. The van der Waals surface area contributed by atoms with Crippen LogP contribution in [0.4, 0.5) is 0 Å². The second-order valence-electron chi connectivity index (χ2n) is 1.05. The maximum absolute atomic E-state index is 9.53. The molecule has 0 bridgehead atoms. The number of hydrogen-bond acceptors (Lipinski definition) is 1. The fraction of sp³-hybridized carbons (Fsp3) is 1.00. The van der Waals surface area contributed by atoms with Crippen LogP contribution in [0.25, 0.3) is 0 Å². The maximum Gasteiger partial charge on any atom is 3.00 e. The molecule has 0 amide bonds. The summed E-state index contributed by atoms with van der Waals surface area (Å²) in [5.41, 5.74) is 0. The number of halogens is 2. The van der Waals surface area contributed by atoms with Crippen LogP contribution < -0.4 is 29.9 Å². The van der Waals surface area contributed by atoms with Gasteiger partial charge in [-0.15, -0.1) is 6.10 Å². The van der Waals surface area contributed by atoms with Crippen LogP contribution in [-0.4, -0.2) is 6.10 Å². The maximum atomic E-state index is 9.53. The minimum absolute atomic E-state index is 0. The van der Waals surface area contributed by atoms with E-state index in [0.29, 0.717) is 0 Å². The van der Waals surface area contributed by atoms with E-state index in [1.165, 1.54) is 0 Å². The molecule has 43 valence electrons. The summed E-state index contributed by atoms with van der Waals surface area (Å²) in [4.78, 5) is 0. The van der Waals surface area contributed by atoms with Crippen LogP contribution in [0.2, 0.25) is 0 Å². The molecule has 7 heavy (non-hydrogen) atoms. The predicted molar refractivity (Wildman–Crippen MR) is 15.1 cm³/mol. The SMILES string of the molecule is CC(C)[O-].[Cl-].[Cl-].[Ti+3]. The smallest absolute Gasteiger partial charge is 1.00 e. The zero-order valence-corrected chi connectivity index (χ0v) is 7.31. The summed E-state index contributed by atoms with van der Waals surface area (Å²) in [6, 6.07) is 0. The number of rotatable bonds is 0. The molecule has 0 aromatic heterocycles. The molecular formula is C3H7Cl2OTi. The van der Waals surface area contributed by atoms with Gasteiger partial charge in [0, 0.05) is 0 Å². The largest absolute Gasteiger partial charge is 3.00 e. The van der Waals surface area contributed by atoms with Crippen LogP contribution in [0.5, 0.6) is 0 Å². The zero-order chi connectivity index (χ0) is 3.58. The summed E-state index contributed by atoms with van der Waals surface area (Å²) in [5.74, 6) is 0. The minimum Gasteiger partial charge on any atom is -1.00 e. The van der Waals surface area contributed by atoms with Gasteiger partial charge in [-0.05, 0) is 0 Å². The van der Waals surface area contributed by atoms with Gasteiger partial charge in [-0.2, -0.15) is 0 Å². The fourth-order valence-corrected chi connectivity index (χ4v) is 0. The normalized spacial score (nSPS) is 5.14. The molecule has 0 atom stereocenters. The fourth-order valence-electron chi connectivity index (χ4n) is 0. The molecule has 0 aromatic rings. The molecule has 0 aliphatic heterocycles. The van der Waals surface area contributed by atoms with Gasteiger partial charge in [-0.25, -0.2) is 0 Å². The van der Waals surface area contributed by atoms with Crippen molar-refractivity contribution in [2.75, 3.05) is 0 Å². The van der Waals surface area contributed by atoms with Crippen LogP contribution in [-0.2, 0) is 21.7 Å². The van der Waals surface area contributed by atoms with E-state index in [0.717, 1.165) is 0 Å². The van der Waals surface area contributed by atoms with Gasteiger partial charge in [0.2, 0.25) is 0 Å². The number of hydrogen-bond donors (Lipinski definition) is 0. The van der Waals surface area contributed by atoms with Gasteiger partial charge in [0.15, 0.2) is 0 Å². The zero-order valence-electron chi connectivity index (χ0n) is 4.24. The van der Waals surface area contributed by atoms with Crippen LogP contribution in [0, 0.1) is 0 Å². The molecule has 0 heterocycles. The molecule has 4 heteroatoms. The average molecular weight is 178 g/mol. The molecule has 0 aliphatic rings. The first kappa shape index (κ1) is 24.0. The third-order valence-electron chi connectivity index (χ3n) is 0. The van der Waals surface area contributed by atoms with E-state index in [4.69, 9.17) is 0 Å². The van der Waals surface area contributed by atoms with Crippen LogP contribution in [0.3, 0.4) is 0 Å². The van der Waals surface area contributed by atoms with Crippen molar-refractivity contribution in [1.82, 2.24) is 0 Å². The first-order chi connectivity index (χ1) is 1.73. The van der Waals surface area contributed by atoms with E-state index >= 15 is 0 Å². The average Bonchev–Trinajstić information content (AvgIpc) is 0.811. The Balaban J connectivity index is -0.0000000150. The Hall–Kier alpha value is 1.25. The molecule has 0 aliphatic carbocycles. The van der Waals surface area contributed by atoms with E-state index in [9.17, 15) is 5.11 Å². The summed E-state index contributed by atoms with van der Waals surface area (Å²) in [5, 5.41) is 9.53. The Labute approximate surface area is 71.6 Å². The van der Waals surface area contributed by atoms with Crippen LogP contribution in [0.15, 0.2) is 0 Å². The van der Waals surface area contributed by atoms with Gasteiger partial charge in [0.05, 0.1) is 0 Å². The van der Waals surface area contributed by atoms with Crippen molar-refractivity contribution in [1.29, 1.82) is 0 Å². The van der Waals surface area contributed by atoms with Gasteiger partial charge in [-0.1, -0.05) is 13.8 Å². The van der Waals surface area contributed by atoms with E-state index in [2.05, 4.69) is 0 Å². The third kappa shape index (κ3) is 127. The Kier molecular flexibility index (Phi) is 53.8. The van der Waals surface area contributed by atoms with Crippen molar-refractivity contribution in [2.45, 2.75) is 20.0 Å². The molecular weight excluding hydrogens is 171 g/mol. The van der Waals surface area contributed by atoms with Crippen molar-refractivity contribution in [3.05, 3.63) is 0 Å². The van der Waals surface area contributed by atoms with Crippen molar-refractivity contribution < 1.29 is 51.6 Å². The predicted octanol–water partition coefficient (Wildman–Crippen LogP) is -6.24. The van der Waals surface area contributed by atoms with Gasteiger partial charge in [0.25, 0.3) is 0 Å². The molecule has 0 N–H and O–H groups in total. The molecule has 1 radical (unpaired) electrons. The Morgan fingerprint density at radius 3 is 1.14 bits per heavy atom. The first-order valence-corrected chi connectivity index (χ1v) is 1.39. The summed E-state index contributed by atoms with van der Waals surface area (Å²) in [7, 11) is 0. The summed E-state index contributed by atoms with van der Waals surface area (Å²) < 4.78 is 0. The topological polar surface area (TPSA) is 23.1 Å². The summed E-state index contributed by atoms with van der Waals surface area (Å²) >= 11 is 0. The molecule has 0 rings (SSSR count). The molecule has 0 saturated carbocycles. The Morgan fingerprint density at radius 2 is 1.14 bits per heavy atom. The van der Waals surface area contributed by atoms with E-state index < -0.39 is 6.10 Å².